The fraction of sp³-hybridized carbons (Fsp3) is 0.500. The van der Waals surface area contributed by atoms with Crippen molar-refractivity contribution in [2.45, 2.75) is 12.8 Å². The van der Waals surface area contributed by atoms with E-state index >= 15 is 0 Å². The van der Waals surface area contributed by atoms with Crippen molar-refractivity contribution >= 4 is 10.8 Å². The normalized spacial score (nSPS) is 12.6. The predicted octanol–water partition coefficient (Wildman–Crippen LogP) is 0.722. The van der Waals surface area contributed by atoms with Gasteiger partial charge in [0.2, 0.25) is 0 Å². The van der Waals surface area contributed by atoms with E-state index in [0.29, 0.717) is 18.1 Å². The van der Waals surface area contributed by atoms with Crippen LogP contribution in [0.3, 0.4) is 0 Å². The molecule has 1 atom stereocenters. The molecule has 0 aliphatic rings. The van der Waals surface area contributed by atoms with Crippen molar-refractivity contribution in [3.63, 3.8) is 0 Å². The largest absolute Gasteiger partial charge is 0.330 e. The molecule has 1 heterocycles. The second kappa shape index (κ2) is 6.68. The van der Waals surface area contributed by atoms with Crippen molar-refractivity contribution in [2.24, 2.45) is 5.73 Å². The van der Waals surface area contributed by atoms with E-state index in [9.17, 15) is 4.21 Å². The average Bonchev–Trinajstić information content (AvgIpc) is 2.25. The van der Waals surface area contributed by atoms with E-state index in [0.717, 1.165) is 18.5 Å². The second-order valence-corrected chi connectivity index (χ2v) is 4.76. The molecule has 0 fully saturated rings. The number of nitrogens with zero attached hydrogens (tertiary/aromatic N) is 1. The van der Waals surface area contributed by atoms with Crippen LogP contribution in [0.25, 0.3) is 0 Å². The van der Waals surface area contributed by atoms with Crippen LogP contribution >= 0.6 is 0 Å². The van der Waals surface area contributed by atoms with E-state index in [2.05, 4.69) is 4.98 Å². The monoisotopic (exact) mass is 212 g/mol. The van der Waals surface area contributed by atoms with Crippen LogP contribution < -0.4 is 5.73 Å². The van der Waals surface area contributed by atoms with Crippen LogP contribution in [-0.4, -0.2) is 27.2 Å². The van der Waals surface area contributed by atoms with Crippen molar-refractivity contribution < 1.29 is 4.21 Å². The van der Waals surface area contributed by atoms with Crippen molar-refractivity contribution in [1.29, 1.82) is 0 Å². The molecule has 14 heavy (non-hydrogen) atoms. The average molecular weight is 212 g/mol. The molecule has 1 aromatic rings. The number of aryl methyl sites for hydroxylation is 1. The van der Waals surface area contributed by atoms with E-state index in [1.165, 1.54) is 0 Å². The van der Waals surface area contributed by atoms with Crippen LogP contribution in [0.1, 0.15) is 12.1 Å². The third-order valence-corrected chi connectivity index (χ3v) is 3.29. The Balaban J connectivity index is 2.24. The molecule has 4 heteroatoms. The number of hydrogen-bond acceptors (Lipinski definition) is 3. The van der Waals surface area contributed by atoms with Gasteiger partial charge >= 0.3 is 0 Å². The highest BCUT2D eigenvalue weighted by Crippen LogP contribution is 1.97. The lowest BCUT2D eigenvalue weighted by Crippen LogP contribution is -2.10. The van der Waals surface area contributed by atoms with Crippen LogP contribution in [0, 0.1) is 0 Å². The summed E-state index contributed by atoms with van der Waals surface area (Å²) in [6.45, 7) is 0.620. The van der Waals surface area contributed by atoms with Crippen molar-refractivity contribution in [1.82, 2.24) is 4.98 Å². The van der Waals surface area contributed by atoms with E-state index in [-0.39, 0.29) is 0 Å². The lowest BCUT2D eigenvalue weighted by Gasteiger charge is -2.00. The summed E-state index contributed by atoms with van der Waals surface area (Å²) in [4.78, 5) is 4.17. The van der Waals surface area contributed by atoms with Crippen LogP contribution in [0.5, 0.6) is 0 Å². The zero-order valence-electron chi connectivity index (χ0n) is 8.19. The summed E-state index contributed by atoms with van der Waals surface area (Å²) in [5, 5.41) is 0. The number of hydrogen-bond donors (Lipinski definition) is 1. The van der Waals surface area contributed by atoms with Gasteiger partial charge in [0.15, 0.2) is 0 Å². The van der Waals surface area contributed by atoms with E-state index in [4.69, 9.17) is 5.73 Å². The predicted molar refractivity (Wildman–Crippen MR) is 59.5 cm³/mol. The number of aromatic nitrogens is 1. The Hall–Kier alpha value is -0.740. The highest BCUT2D eigenvalue weighted by atomic mass is 32.2. The minimum atomic E-state index is -0.740. The van der Waals surface area contributed by atoms with Gasteiger partial charge in [0.1, 0.15) is 0 Å². The van der Waals surface area contributed by atoms with Gasteiger partial charge in [0, 0.05) is 40.6 Å². The zero-order valence-corrected chi connectivity index (χ0v) is 9.00. The molecule has 0 amide bonds. The molecule has 1 unspecified atom stereocenters. The molecule has 1 aromatic heterocycles. The van der Waals surface area contributed by atoms with E-state index in [1.807, 2.05) is 18.2 Å². The van der Waals surface area contributed by atoms with Gasteiger partial charge in [-0.15, -0.1) is 0 Å². The number of nitrogens with two attached hydrogens (primary N) is 1. The summed E-state index contributed by atoms with van der Waals surface area (Å²) in [6.07, 6.45) is 3.39. The minimum Gasteiger partial charge on any atom is -0.330 e. The first-order valence-electron chi connectivity index (χ1n) is 4.78. The maximum atomic E-state index is 11.4. The highest BCUT2D eigenvalue weighted by molar-refractivity contribution is 7.84. The maximum Gasteiger partial charge on any atom is 0.0412 e. The summed E-state index contributed by atoms with van der Waals surface area (Å²) in [5.74, 6) is 1.40. The molecule has 0 bridgehead atoms. The molecule has 2 N–H and O–H groups in total. The first-order chi connectivity index (χ1) is 6.83. The van der Waals surface area contributed by atoms with Crippen LogP contribution in [0.15, 0.2) is 24.4 Å². The van der Waals surface area contributed by atoms with Gasteiger partial charge in [0.25, 0.3) is 0 Å². The Bertz CT molecular complexity index is 277. The third kappa shape index (κ3) is 4.48. The Morgan fingerprint density at radius 3 is 2.86 bits per heavy atom. The molecule has 1 rings (SSSR count). The lowest BCUT2D eigenvalue weighted by atomic mass is 10.3. The minimum absolute atomic E-state index is 0.620. The van der Waals surface area contributed by atoms with Gasteiger partial charge in [-0.25, -0.2) is 0 Å². The molecular weight excluding hydrogens is 196 g/mol. The van der Waals surface area contributed by atoms with Gasteiger partial charge < -0.3 is 5.73 Å². The molecular formula is C10H16N2OS. The lowest BCUT2D eigenvalue weighted by molar-refractivity contribution is 0.679. The molecule has 3 nitrogen and oxygen atoms in total. The van der Waals surface area contributed by atoms with E-state index < -0.39 is 10.8 Å². The Labute approximate surface area is 87.2 Å². The van der Waals surface area contributed by atoms with Crippen molar-refractivity contribution in [3.05, 3.63) is 30.1 Å². The SMILES string of the molecule is NCCCS(=O)CCc1ccccn1. The smallest absolute Gasteiger partial charge is 0.0412 e. The molecule has 0 radical (unpaired) electrons. The van der Waals surface area contributed by atoms with E-state index in [1.54, 1.807) is 6.20 Å². The van der Waals surface area contributed by atoms with Crippen LogP contribution in [0.4, 0.5) is 0 Å². The molecule has 0 saturated heterocycles. The summed E-state index contributed by atoms with van der Waals surface area (Å²) >= 11 is 0. The van der Waals surface area contributed by atoms with Gasteiger partial charge in [-0.3, -0.25) is 9.19 Å². The Morgan fingerprint density at radius 1 is 1.36 bits per heavy atom. The fourth-order valence-corrected chi connectivity index (χ4v) is 2.24. The molecule has 0 aliphatic carbocycles. The van der Waals surface area contributed by atoms with Crippen LogP contribution in [0.2, 0.25) is 0 Å². The first-order valence-corrected chi connectivity index (χ1v) is 6.26. The quantitative estimate of drug-likeness (QED) is 0.756. The fourth-order valence-electron chi connectivity index (χ4n) is 1.11. The molecule has 78 valence electrons. The summed E-state index contributed by atoms with van der Waals surface area (Å²) in [7, 11) is -0.740. The summed E-state index contributed by atoms with van der Waals surface area (Å²) in [5.41, 5.74) is 6.35. The van der Waals surface area contributed by atoms with Gasteiger partial charge in [-0.1, -0.05) is 6.07 Å². The number of pyridine rings is 1. The molecule has 0 saturated carbocycles. The number of rotatable bonds is 6. The highest BCUT2D eigenvalue weighted by Gasteiger charge is 2.00. The Morgan fingerprint density at radius 2 is 2.21 bits per heavy atom. The van der Waals surface area contributed by atoms with Crippen molar-refractivity contribution in [2.75, 3.05) is 18.1 Å². The van der Waals surface area contributed by atoms with Crippen molar-refractivity contribution in [3.8, 4) is 0 Å². The summed E-state index contributed by atoms with van der Waals surface area (Å²) < 4.78 is 11.4. The standard InChI is InChI=1S/C10H16N2OS/c11-6-3-8-14(13)9-5-10-4-1-2-7-12-10/h1-2,4,7H,3,5-6,8-9,11H2. The van der Waals surface area contributed by atoms with Gasteiger partial charge in [0.05, 0.1) is 0 Å². The Kier molecular flexibility index (Phi) is 5.40. The maximum absolute atomic E-state index is 11.4. The van der Waals surface area contributed by atoms with Crippen LogP contribution in [-0.2, 0) is 17.2 Å². The molecule has 0 aromatic carbocycles. The second-order valence-electron chi connectivity index (χ2n) is 3.06. The zero-order chi connectivity index (χ0) is 10.2. The molecule has 0 spiro atoms. The van der Waals surface area contributed by atoms with Gasteiger partial charge in [-0.05, 0) is 25.1 Å². The third-order valence-electron chi connectivity index (χ3n) is 1.89. The first kappa shape index (κ1) is 11.3. The topological polar surface area (TPSA) is 56.0 Å². The van der Waals surface area contributed by atoms with Gasteiger partial charge in [-0.2, -0.15) is 0 Å². The summed E-state index contributed by atoms with van der Waals surface area (Å²) in [6, 6.07) is 5.79. The molecule has 0 aliphatic heterocycles.